The molecule has 3 heteroatoms. The molecule has 0 saturated carbocycles. The summed E-state index contributed by atoms with van der Waals surface area (Å²) in [4.78, 5) is 15.5. The maximum Gasteiger partial charge on any atom is 0.184 e. The minimum absolute atomic E-state index is 0.00352. The maximum absolute atomic E-state index is 11.5. The van der Waals surface area contributed by atoms with E-state index in [4.69, 9.17) is 0 Å². The van der Waals surface area contributed by atoms with Gasteiger partial charge in [0.15, 0.2) is 5.78 Å². The minimum atomic E-state index is -0.00352. The SMILES string of the molecule is CC(C)C(=O)c1ncccc1Br. The number of ketones is 1. The average Bonchev–Trinajstić information content (AvgIpc) is 2.04. The molecule has 0 spiro atoms. The topological polar surface area (TPSA) is 30.0 Å². The maximum atomic E-state index is 11.5. The molecule has 0 amide bonds. The van der Waals surface area contributed by atoms with Crippen LogP contribution in [0.1, 0.15) is 24.3 Å². The molecule has 2 nitrogen and oxygen atoms in total. The number of pyridine rings is 1. The molecule has 0 aliphatic heterocycles. The van der Waals surface area contributed by atoms with Crippen molar-refractivity contribution < 1.29 is 4.79 Å². The summed E-state index contributed by atoms with van der Waals surface area (Å²) in [5.41, 5.74) is 0.521. The van der Waals surface area contributed by atoms with Gasteiger partial charge in [-0.2, -0.15) is 0 Å². The van der Waals surface area contributed by atoms with Gasteiger partial charge in [0.05, 0.1) is 0 Å². The highest BCUT2D eigenvalue weighted by atomic mass is 79.9. The molecule has 0 unspecified atom stereocenters. The quantitative estimate of drug-likeness (QED) is 0.728. The first kappa shape index (κ1) is 9.39. The number of Topliss-reactive ketones (excluding diaryl/α,β-unsaturated/α-hetero) is 1. The Morgan fingerprint density at radius 2 is 2.25 bits per heavy atom. The molecular formula is C9H10BrNO. The Kier molecular flexibility index (Phi) is 2.98. The monoisotopic (exact) mass is 227 g/mol. The zero-order valence-corrected chi connectivity index (χ0v) is 8.63. The molecule has 64 valence electrons. The molecule has 0 N–H and O–H groups in total. The lowest BCUT2D eigenvalue weighted by Crippen LogP contribution is -2.09. The van der Waals surface area contributed by atoms with Gasteiger partial charge in [0, 0.05) is 16.6 Å². The standard InChI is InChI=1S/C9H10BrNO/c1-6(2)9(12)8-7(10)4-3-5-11-8/h3-6H,1-2H3. The Bertz CT molecular complexity index is 296. The molecule has 12 heavy (non-hydrogen) atoms. The van der Waals surface area contributed by atoms with Gasteiger partial charge in [-0.15, -0.1) is 0 Å². The number of aromatic nitrogens is 1. The summed E-state index contributed by atoms with van der Waals surface area (Å²) in [6, 6.07) is 3.61. The van der Waals surface area contributed by atoms with E-state index in [1.165, 1.54) is 0 Å². The predicted octanol–water partition coefficient (Wildman–Crippen LogP) is 2.68. The largest absolute Gasteiger partial charge is 0.292 e. The van der Waals surface area contributed by atoms with Crippen molar-refractivity contribution in [3.8, 4) is 0 Å². The van der Waals surface area contributed by atoms with E-state index < -0.39 is 0 Å². The zero-order chi connectivity index (χ0) is 9.14. The fraction of sp³-hybridized carbons (Fsp3) is 0.333. The van der Waals surface area contributed by atoms with Crippen LogP contribution in [0, 0.1) is 5.92 Å². The van der Waals surface area contributed by atoms with Crippen molar-refractivity contribution in [2.45, 2.75) is 13.8 Å². The highest BCUT2D eigenvalue weighted by molar-refractivity contribution is 9.10. The highest BCUT2D eigenvalue weighted by Gasteiger charge is 2.14. The average molecular weight is 228 g/mol. The van der Waals surface area contributed by atoms with Crippen LogP contribution in [0.4, 0.5) is 0 Å². The molecule has 0 saturated heterocycles. The van der Waals surface area contributed by atoms with Gasteiger partial charge in [0.1, 0.15) is 5.69 Å². The number of carbonyl (C=O) groups is 1. The van der Waals surface area contributed by atoms with Crippen molar-refractivity contribution in [3.63, 3.8) is 0 Å². The van der Waals surface area contributed by atoms with E-state index in [1.807, 2.05) is 19.9 Å². The number of carbonyl (C=O) groups excluding carboxylic acids is 1. The first-order valence-corrected chi connectivity index (χ1v) is 4.57. The van der Waals surface area contributed by atoms with Crippen molar-refractivity contribution >= 4 is 21.7 Å². The third-order valence-electron chi connectivity index (χ3n) is 1.52. The van der Waals surface area contributed by atoms with Crippen LogP contribution in [-0.2, 0) is 0 Å². The Balaban J connectivity index is 3.03. The van der Waals surface area contributed by atoms with Gasteiger partial charge in [-0.3, -0.25) is 9.78 Å². The van der Waals surface area contributed by atoms with E-state index in [0.717, 1.165) is 4.47 Å². The summed E-state index contributed by atoms with van der Waals surface area (Å²) in [7, 11) is 0. The van der Waals surface area contributed by atoms with Crippen molar-refractivity contribution in [1.82, 2.24) is 4.98 Å². The molecule has 0 aliphatic carbocycles. The molecule has 1 rings (SSSR count). The van der Waals surface area contributed by atoms with Gasteiger partial charge in [0.25, 0.3) is 0 Å². The van der Waals surface area contributed by atoms with Gasteiger partial charge in [-0.05, 0) is 28.1 Å². The van der Waals surface area contributed by atoms with E-state index in [0.29, 0.717) is 5.69 Å². The number of nitrogens with zero attached hydrogens (tertiary/aromatic N) is 1. The van der Waals surface area contributed by atoms with Crippen LogP contribution in [0.25, 0.3) is 0 Å². The second-order valence-corrected chi connectivity index (χ2v) is 3.71. The van der Waals surface area contributed by atoms with Gasteiger partial charge >= 0.3 is 0 Å². The lowest BCUT2D eigenvalue weighted by molar-refractivity contribution is 0.0933. The Labute approximate surface area is 80.1 Å². The number of hydrogen-bond donors (Lipinski definition) is 0. The third kappa shape index (κ3) is 1.91. The number of hydrogen-bond acceptors (Lipinski definition) is 2. The number of halogens is 1. The minimum Gasteiger partial charge on any atom is -0.292 e. The van der Waals surface area contributed by atoms with Gasteiger partial charge in [-0.25, -0.2) is 0 Å². The van der Waals surface area contributed by atoms with Crippen molar-refractivity contribution in [1.29, 1.82) is 0 Å². The van der Waals surface area contributed by atoms with Gasteiger partial charge in [-0.1, -0.05) is 13.8 Å². The normalized spacial score (nSPS) is 10.3. The van der Waals surface area contributed by atoms with E-state index in [9.17, 15) is 4.79 Å². The fourth-order valence-electron chi connectivity index (χ4n) is 0.840. The summed E-state index contributed by atoms with van der Waals surface area (Å²) >= 11 is 3.28. The van der Waals surface area contributed by atoms with Crippen LogP contribution < -0.4 is 0 Å². The fourth-order valence-corrected chi connectivity index (χ4v) is 1.29. The molecule has 0 bridgehead atoms. The summed E-state index contributed by atoms with van der Waals surface area (Å²) in [6.07, 6.45) is 1.63. The summed E-state index contributed by atoms with van der Waals surface area (Å²) in [5.74, 6) is 0.0682. The lowest BCUT2D eigenvalue weighted by Gasteiger charge is -2.03. The molecular weight excluding hydrogens is 218 g/mol. The second kappa shape index (κ2) is 3.81. The Hall–Kier alpha value is -0.700. The van der Waals surface area contributed by atoms with E-state index in [2.05, 4.69) is 20.9 Å². The van der Waals surface area contributed by atoms with Crippen molar-refractivity contribution in [3.05, 3.63) is 28.5 Å². The smallest absolute Gasteiger partial charge is 0.184 e. The Morgan fingerprint density at radius 3 is 2.75 bits per heavy atom. The predicted molar refractivity (Wildman–Crippen MR) is 51.1 cm³/mol. The molecule has 0 atom stereocenters. The zero-order valence-electron chi connectivity index (χ0n) is 7.04. The van der Waals surface area contributed by atoms with Crippen LogP contribution in [0.15, 0.2) is 22.8 Å². The van der Waals surface area contributed by atoms with Crippen LogP contribution in [-0.4, -0.2) is 10.8 Å². The molecule has 0 radical (unpaired) electrons. The first-order valence-electron chi connectivity index (χ1n) is 3.77. The Morgan fingerprint density at radius 1 is 1.58 bits per heavy atom. The molecule has 1 aromatic rings. The molecule has 0 fully saturated rings. The molecule has 0 aromatic carbocycles. The van der Waals surface area contributed by atoms with Crippen LogP contribution in [0.2, 0.25) is 0 Å². The van der Waals surface area contributed by atoms with Crippen molar-refractivity contribution in [2.75, 3.05) is 0 Å². The highest BCUT2D eigenvalue weighted by Crippen LogP contribution is 2.16. The van der Waals surface area contributed by atoms with Gasteiger partial charge < -0.3 is 0 Å². The molecule has 1 aromatic heterocycles. The van der Waals surface area contributed by atoms with Crippen LogP contribution in [0.3, 0.4) is 0 Å². The van der Waals surface area contributed by atoms with E-state index in [-0.39, 0.29) is 11.7 Å². The van der Waals surface area contributed by atoms with Crippen LogP contribution in [0.5, 0.6) is 0 Å². The summed E-state index contributed by atoms with van der Waals surface area (Å²) in [6.45, 7) is 3.73. The third-order valence-corrected chi connectivity index (χ3v) is 2.16. The lowest BCUT2D eigenvalue weighted by atomic mass is 10.1. The molecule has 1 heterocycles. The van der Waals surface area contributed by atoms with Gasteiger partial charge in [0.2, 0.25) is 0 Å². The second-order valence-electron chi connectivity index (χ2n) is 2.85. The van der Waals surface area contributed by atoms with E-state index >= 15 is 0 Å². The van der Waals surface area contributed by atoms with Crippen molar-refractivity contribution in [2.24, 2.45) is 5.92 Å². The summed E-state index contributed by atoms with van der Waals surface area (Å²) < 4.78 is 0.767. The summed E-state index contributed by atoms with van der Waals surface area (Å²) in [5, 5.41) is 0. The van der Waals surface area contributed by atoms with E-state index in [1.54, 1.807) is 12.3 Å². The van der Waals surface area contributed by atoms with Crippen LogP contribution >= 0.6 is 15.9 Å². The molecule has 0 aliphatic rings. The first-order chi connectivity index (χ1) is 5.63. The number of rotatable bonds is 2.